The largest absolute Gasteiger partial charge is 0.355 e. The Hall–Kier alpha value is -2.45. The van der Waals surface area contributed by atoms with E-state index in [0.29, 0.717) is 39.3 Å². The van der Waals surface area contributed by atoms with Gasteiger partial charge in [-0.3, -0.25) is 24.7 Å². The number of hydrogen-bond donors (Lipinski definition) is 3. The molecule has 8 nitrogen and oxygen atoms in total. The van der Waals surface area contributed by atoms with Gasteiger partial charge >= 0.3 is 6.03 Å². The van der Waals surface area contributed by atoms with Crippen molar-refractivity contribution >= 4 is 17.8 Å². The number of hydrogen-bond acceptors (Lipinski definition) is 5. The van der Waals surface area contributed by atoms with Crippen molar-refractivity contribution in [3.63, 3.8) is 0 Å². The maximum absolute atomic E-state index is 12.5. The molecule has 1 aromatic carbocycles. The minimum Gasteiger partial charge on any atom is -0.355 e. The van der Waals surface area contributed by atoms with Gasteiger partial charge in [0.2, 0.25) is 11.8 Å². The molecule has 0 bridgehead atoms. The third-order valence-electron chi connectivity index (χ3n) is 4.32. The molecule has 1 unspecified atom stereocenters. The van der Waals surface area contributed by atoms with Crippen LogP contribution in [0.25, 0.3) is 0 Å². The molecule has 1 aromatic rings. The first-order chi connectivity index (χ1) is 12.5. The molecule has 4 N–H and O–H groups in total. The lowest BCUT2D eigenvalue weighted by atomic mass is 10.0. The highest BCUT2D eigenvalue weighted by Gasteiger charge is 2.31. The van der Waals surface area contributed by atoms with Crippen LogP contribution in [0.4, 0.5) is 4.79 Å². The molecular formula is C18H27N5O3. The van der Waals surface area contributed by atoms with Crippen molar-refractivity contribution in [1.29, 1.82) is 0 Å². The first-order valence-electron chi connectivity index (χ1n) is 8.89. The van der Waals surface area contributed by atoms with Crippen molar-refractivity contribution in [2.75, 3.05) is 39.3 Å². The fraction of sp³-hybridized carbons (Fsp3) is 0.500. The number of nitrogens with two attached hydrogens (primary N) is 1. The Balaban J connectivity index is 1.99. The molecule has 0 spiro atoms. The van der Waals surface area contributed by atoms with Gasteiger partial charge in [0.25, 0.3) is 0 Å². The van der Waals surface area contributed by atoms with Crippen LogP contribution in [0.5, 0.6) is 0 Å². The van der Waals surface area contributed by atoms with E-state index in [4.69, 9.17) is 5.73 Å². The molecular weight excluding hydrogens is 334 g/mol. The lowest BCUT2D eigenvalue weighted by Crippen LogP contribution is -2.53. The Labute approximate surface area is 153 Å². The van der Waals surface area contributed by atoms with E-state index in [2.05, 4.69) is 15.5 Å². The standard InChI is InChI=1S/C18H27N5O3/c1-2-8-20-15(24)13-22-9-11-23(12-10-22)16(17(25)21-18(19)26)14-6-4-3-5-7-14/h3-7,16H,2,8-13H2,1H3,(H,20,24)(H3,19,21,25,26). The van der Waals surface area contributed by atoms with Crippen LogP contribution in [-0.4, -0.2) is 66.9 Å². The van der Waals surface area contributed by atoms with Crippen LogP contribution in [0.2, 0.25) is 0 Å². The number of amides is 4. The minimum atomic E-state index is -0.859. The predicted octanol–water partition coefficient (Wildman–Crippen LogP) is 0.0664. The Kier molecular flexibility index (Phi) is 7.55. The van der Waals surface area contributed by atoms with Gasteiger partial charge in [-0.15, -0.1) is 0 Å². The van der Waals surface area contributed by atoms with Crippen LogP contribution >= 0.6 is 0 Å². The first kappa shape index (κ1) is 19.9. The Morgan fingerprint density at radius 2 is 1.77 bits per heavy atom. The molecule has 0 aliphatic carbocycles. The van der Waals surface area contributed by atoms with Crippen molar-refractivity contribution in [3.05, 3.63) is 35.9 Å². The van der Waals surface area contributed by atoms with Crippen molar-refractivity contribution < 1.29 is 14.4 Å². The lowest BCUT2D eigenvalue weighted by Gasteiger charge is -2.38. The summed E-state index contributed by atoms with van der Waals surface area (Å²) in [7, 11) is 0. The third-order valence-corrected chi connectivity index (χ3v) is 4.32. The second-order valence-electron chi connectivity index (χ2n) is 6.33. The van der Waals surface area contributed by atoms with E-state index in [0.717, 1.165) is 12.0 Å². The van der Waals surface area contributed by atoms with Crippen molar-refractivity contribution in [3.8, 4) is 0 Å². The zero-order valence-electron chi connectivity index (χ0n) is 15.1. The summed E-state index contributed by atoms with van der Waals surface area (Å²) in [4.78, 5) is 39.5. The average Bonchev–Trinajstić information content (AvgIpc) is 2.62. The van der Waals surface area contributed by atoms with E-state index in [1.165, 1.54) is 0 Å². The van der Waals surface area contributed by atoms with Gasteiger partial charge in [-0.1, -0.05) is 37.3 Å². The third kappa shape index (κ3) is 5.82. The topological polar surface area (TPSA) is 108 Å². The number of nitrogens with one attached hydrogen (secondary N) is 2. The summed E-state index contributed by atoms with van der Waals surface area (Å²) >= 11 is 0. The zero-order chi connectivity index (χ0) is 18.9. The van der Waals surface area contributed by atoms with Crippen molar-refractivity contribution in [1.82, 2.24) is 20.4 Å². The van der Waals surface area contributed by atoms with E-state index in [-0.39, 0.29) is 5.91 Å². The van der Waals surface area contributed by atoms with Gasteiger partial charge in [0.15, 0.2) is 0 Å². The monoisotopic (exact) mass is 361 g/mol. The molecule has 1 aliphatic heterocycles. The van der Waals surface area contributed by atoms with Gasteiger partial charge in [0.1, 0.15) is 6.04 Å². The maximum atomic E-state index is 12.5. The number of primary amides is 1. The molecule has 0 radical (unpaired) electrons. The van der Waals surface area contributed by atoms with Crippen LogP contribution < -0.4 is 16.4 Å². The molecule has 0 saturated carbocycles. The summed E-state index contributed by atoms with van der Waals surface area (Å²) in [5.41, 5.74) is 5.92. The van der Waals surface area contributed by atoms with E-state index in [9.17, 15) is 14.4 Å². The molecule has 8 heteroatoms. The SMILES string of the molecule is CCCNC(=O)CN1CCN(C(C(=O)NC(N)=O)c2ccccc2)CC1. The molecule has 1 heterocycles. The number of carbonyl (C=O) groups excluding carboxylic acids is 3. The minimum absolute atomic E-state index is 0.0198. The Morgan fingerprint density at radius 3 is 2.35 bits per heavy atom. The van der Waals surface area contributed by atoms with Gasteiger partial charge < -0.3 is 11.1 Å². The molecule has 1 fully saturated rings. The number of imide groups is 1. The average molecular weight is 361 g/mol. The molecule has 1 atom stereocenters. The van der Waals surface area contributed by atoms with Gasteiger partial charge in [0.05, 0.1) is 6.54 Å². The number of carbonyl (C=O) groups is 3. The summed E-state index contributed by atoms with van der Waals surface area (Å²) in [6.07, 6.45) is 0.910. The van der Waals surface area contributed by atoms with E-state index in [1.807, 2.05) is 42.2 Å². The van der Waals surface area contributed by atoms with Gasteiger partial charge in [-0.2, -0.15) is 0 Å². The Bertz CT molecular complexity index is 615. The summed E-state index contributed by atoms with van der Waals surface area (Å²) < 4.78 is 0. The number of piperazine rings is 1. The van der Waals surface area contributed by atoms with Gasteiger partial charge in [-0.05, 0) is 12.0 Å². The predicted molar refractivity (Wildman–Crippen MR) is 98.2 cm³/mol. The van der Waals surface area contributed by atoms with Crippen LogP contribution in [0.3, 0.4) is 0 Å². The highest BCUT2D eigenvalue weighted by Crippen LogP contribution is 2.22. The highest BCUT2D eigenvalue weighted by atomic mass is 16.2. The van der Waals surface area contributed by atoms with E-state index in [1.54, 1.807) is 0 Å². The van der Waals surface area contributed by atoms with Crippen molar-refractivity contribution in [2.24, 2.45) is 5.73 Å². The van der Waals surface area contributed by atoms with Gasteiger partial charge in [-0.25, -0.2) is 4.79 Å². The summed E-state index contributed by atoms with van der Waals surface area (Å²) in [5, 5.41) is 5.06. The molecule has 0 aromatic heterocycles. The highest BCUT2D eigenvalue weighted by molar-refractivity contribution is 5.96. The zero-order valence-corrected chi connectivity index (χ0v) is 15.1. The number of nitrogens with zero attached hydrogens (tertiary/aromatic N) is 2. The van der Waals surface area contributed by atoms with Crippen LogP contribution in [0.15, 0.2) is 30.3 Å². The van der Waals surface area contributed by atoms with Crippen molar-refractivity contribution in [2.45, 2.75) is 19.4 Å². The van der Waals surface area contributed by atoms with Crippen LogP contribution in [0, 0.1) is 0 Å². The lowest BCUT2D eigenvalue weighted by molar-refractivity contribution is -0.127. The van der Waals surface area contributed by atoms with Gasteiger partial charge in [0, 0.05) is 32.7 Å². The molecule has 1 aliphatic rings. The number of urea groups is 1. The smallest absolute Gasteiger partial charge is 0.318 e. The molecule has 142 valence electrons. The molecule has 2 rings (SSSR count). The van der Waals surface area contributed by atoms with Crippen LogP contribution in [-0.2, 0) is 9.59 Å². The fourth-order valence-electron chi connectivity index (χ4n) is 3.06. The first-order valence-corrected chi connectivity index (χ1v) is 8.89. The summed E-state index contributed by atoms with van der Waals surface area (Å²) in [6, 6.07) is 7.86. The fourth-order valence-corrected chi connectivity index (χ4v) is 3.06. The number of rotatable bonds is 7. The van der Waals surface area contributed by atoms with E-state index < -0.39 is 18.0 Å². The second kappa shape index (κ2) is 9.88. The summed E-state index contributed by atoms with van der Waals surface area (Å²) in [6.45, 7) is 5.64. The Morgan fingerprint density at radius 1 is 1.12 bits per heavy atom. The molecule has 4 amide bonds. The number of benzene rings is 1. The maximum Gasteiger partial charge on any atom is 0.318 e. The molecule has 26 heavy (non-hydrogen) atoms. The summed E-state index contributed by atoms with van der Waals surface area (Å²) in [5.74, 6) is -0.413. The second-order valence-corrected chi connectivity index (χ2v) is 6.33. The van der Waals surface area contributed by atoms with E-state index >= 15 is 0 Å². The quantitative estimate of drug-likeness (QED) is 0.637. The van der Waals surface area contributed by atoms with Crippen LogP contribution in [0.1, 0.15) is 24.9 Å². The molecule has 1 saturated heterocycles. The normalized spacial score (nSPS) is 16.7.